The second-order valence-corrected chi connectivity index (χ2v) is 6.61. The van der Waals surface area contributed by atoms with Gasteiger partial charge in [0.15, 0.2) is 0 Å². The third kappa shape index (κ3) is 2.92. The van der Waals surface area contributed by atoms with Crippen LogP contribution in [0.15, 0.2) is 18.2 Å². The second-order valence-electron chi connectivity index (χ2n) is 6.61. The van der Waals surface area contributed by atoms with Gasteiger partial charge in [0.1, 0.15) is 5.75 Å². The molecule has 1 heterocycles. The molecule has 1 amide bonds. The zero-order valence-electron chi connectivity index (χ0n) is 13.5. The second kappa shape index (κ2) is 6.22. The Morgan fingerprint density at radius 3 is 2.65 bits per heavy atom. The van der Waals surface area contributed by atoms with Crippen molar-refractivity contribution in [2.75, 3.05) is 18.6 Å². The van der Waals surface area contributed by atoms with Gasteiger partial charge in [-0.1, -0.05) is 6.42 Å². The quantitative estimate of drug-likeness (QED) is 0.927. The van der Waals surface area contributed by atoms with E-state index in [-0.39, 0.29) is 12.3 Å². The lowest BCUT2D eigenvalue weighted by Gasteiger charge is -2.38. The van der Waals surface area contributed by atoms with Crippen molar-refractivity contribution in [2.24, 2.45) is 5.41 Å². The number of hydrogen-bond acceptors (Lipinski definition) is 3. The first-order chi connectivity index (χ1) is 11.1. The van der Waals surface area contributed by atoms with Gasteiger partial charge in [-0.05, 0) is 55.9 Å². The van der Waals surface area contributed by atoms with Crippen LogP contribution in [0.3, 0.4) is 0 Å². The molecule has 1 aromatic rings. The van der Waals surface area contributed by atoms with Gasteiger partial charge in [0.25, 0.3) is 0 Å². The van der Waals surface area contributed by atoms with Crippen LogP contribution in [-0.2, 0) is 16.0 Å². The third-order valence-electron chi connectivity index (χ3n) is 5.21. The summed E-state index contributed by atoms with van der Waals surface area (Å²) in [5, 5.41) is 9.46. The molecule has 1 N–H and O–H groups in total. The standard InChI is InChI=1S/C18H23NO4/c1-23-14-6-7-15-13(11-14)5-2-3-10-19(15)16(20)12-18(17(21)22)8-4-9-18/h6-7,11H,2-5,8-10,12H2,1H3,(H,21,22). The first-order valence-corrected chi connectivity index (χ1v) is 8.26. The van der Waals surface area contributed by atoms with Crippen molar-refractivity contribution in [3.05, 3.63) is 23.8 Å². The predicted molar refractivity (Wildman–Crippen MR) is 86.8 cm³/mol. The van der Waals surface area contributed by atoms with Gasteiger partial charge in [-0.15, -0.1) is 0 Å². The number of carboxylic acids is 1. The van der Waals surface area contributed by atoms with E-state index < -0.39 is 11.4 Å². The number of methoxy groups -OCH3 is 1. The molecule has 0 saturated heterocycles. The number of carbonyl (C=O) groups excluding carboxylic acids is 1. The molecular weight excluding hydrogens is 294 g/mol. The Labute approximate surface area is 136 Å². The van der Waals surface area contributed by atoms with Crippen LogP contribution >= 0.6 is 0 Å². The fourth-order valence-corrected chi connectivity index (χ4v) is 3.57. The number of nitrogens with zero attached hydrogens (tertiary/aromatic N) is 1. The fraction of sp³-hybridized carbons (Fsp3) is 0.556. The Balaban J connectivity index is 1.85. The van der Waals surface area contributed by atoms with Gasteiger partial charge in [0.2, 0.25) is 5.91 Å². The fourth-order valence-electron chi connectivity index (χ4n) is 3.57. The SMILES string of the molecule is COc1ccc2c(c1)CCCCN2C(=O)CC1(C(=O)O)CCC1. The number of fused-ring (bicyclic) bond motifs is 1. The van der Waals surface area contributed by atoms with E-state index in [1.165, 1.54) is 0 Å². The normalized spacial score (nSPS) is 19.3. The molecule has 2 aliphatic rings. The molecule has 1 fully saturated rings. The van der Waals surface area contributed by atoms with Gasteiger partial charge in [-0.25, -0.2) is 0 Å². The van der Waals surface area contributed by atoms with E-state index in [9.17, 15) is 14.7 Å². The monoisotopic (exact) mass is 317 g/mol. The minimum Gasteiger partial charge on any atom is -0.497 e. The predicted octanol–water partition coefficient (Wildman–Crippen LogP) is 3.01. The number of rotatable bonds is 4. The average Bonchev–Trinajstić information content (AvgIpc) is 2.71. The third-order valence-corrected chi connectivity index (χ3v) is 5.21. The molecule has 5 heteroatoms. The molecule has 1 aliphatic heterocycles. The number of aryl methyl sites for hydroxylation is 1. The molecule has 3 rings (SSSR count). The maximum absolute atomic E-state index is 12.8. The van der Waals surface area contributed by atoms with Crippen molar-refractivity contribution in [3.63, 3.8) is 0 Å². The Morgan fingerprint density at radius 2 is 2.04 bits per heavy atom. The number of benzene rings is 1. The lowest BCUT2D eigenvalue weighted by molar-refractivity contribution is -0.157. The van der Waals surface area contributed by atoms with Crippen LogP contribution in [0.1, 0.15) is 44.1 Å². The first kappa shape index (κ1) is 15.8. The molecule has 124 valence electrons. The smallest absolute Gasteiger partial charge is 0.310 e. The van der Waals surface area contributed by atoms with Gasteiger partial charge >= 0.3 is 5.97 Å². The van der Waals surface area contributed by atoms with Crippen LogP contribution in [0.2, 0.25) is 0 Å². The van der Waals surface area contributed by atoms with Crippen molar-refractivity contribution >= 4 is 17.6 Å². The van der Waals surface area contributed by atoms with E-state index in [0.717, 1.165) is 42.7 Å². The molecule has 0 spiro atoms. The van der Waals surface area contributed by atoms with Gasteiger partial charge in [-0.2, -0.15) is 0 Å². The molecule has 0 aromatic heterocycles. The van der Waals surface area contributed by atoms with Crippen molar-refractivity contribution < 1.29 is 19.4 Å². The zero-order valence-corrected chi connectivity index (χ0v) is 13.5. The number of ether oxygens (including phenoxy) is 1. The highest BCUT2D eigenvalue weighted by Crippen LogP contribution is 2.45. The first-order valence-electron chi connectivity index (χ1n) is 8.26. The lowest BCUT2D eigenvalue weighted by Crippen LogP contribution is -2.44. The number of amides is 1. The molecule has 5 nitrogen and oxygen atoms in total. The van der Waals surface area contributed by atoms with Crippen molar-refractivity contribution in [2.45, 2.75) is 44.9 Å². The molecule has 0 radical (unpaired) electrons. The maximum atomic E-state index is 12.8. The van der Waals surface area contributed by atoms with E-state index in [1.54, 1.807) is 12.0 Å². The number of aliphatic carboxylic acids is 1. The minimum absolute atomic E-state index is 0.0691. The summed E-state index contributed by atoms with van der Waals surface area (Å²) >= 11 is 0. The van der Waals surface area contributed by atoms with Crippen LogP contribution in [0.5, 0.6) is 5.75 Å². The van der Waals surface area contributed by atoms with Gasteiger partial charge in [0, 0.05) is 18.7 Å². The molecular formula is C18H23NO4. The van der Waals surface area contributed by atoms with Crippen LogP contribution < -0.4 is 9.64 Å². The molecule has 1 aromatic carbocycles. The summed E-state index contributed by atoms with van der Waals surface area (Å²) in [4.78, 5) is 26.1. The molecule has 1 aliphatic carbocycles. The van der Waals surface area contributed by atoms with E-state index >= 15 is 0 Å². The van der Waals surface area contributed by atoms with Gasteiger partial charge in [-0.3, -0.25) is 9.59 Å². The van der Waals surface area contributed by atoms with Crippen LogP contribution in [0.25, 0.3) is 0 Å². The minimum atomic E-state index is -0.837. The molecule has 0 bridgehead atoms. The lowest BCUT2D eigenvalue weighted by atomic mass is 9.66. The summed E-state index contributed by atoms with van der Waals surface area (Å²) in [5.74, 6) is -0.110. The van der Waals surface area contributed by atoms with Gasteiger partial charge < -0.3 is 14.7 Å². The highest BCUT2D eigenvalue weighted by molar-refractivity contribution is 5.97. The van der Waals surface area contributed by atoms with Crippen LogP contribution in [0.4, 0.5) is 5.69 Å². The summed E-state index contributed by atoms with van der Waals surface area (Å²) in [6, 6.07) is 5.77. The Hall–Kier alpha value is -2.04. The molecule has 23 heavy (non-hydrogen) atoms. The summed E-state index contributed by atoms with van der Waals surface area (Å²) in [6.45, 7) is 0.661. The molecule has 1 saturated carbocycles. The van der Waals surface area contributed by atoms with Crippen molar-refractivity contribution in [1.82, 2.24) is 0 Å². The Kier molecular flexibility index (Phi) is 4.28. The molecule has 0 unspecified atom stereocenters. The number of carboxylic acid groups (broad SMARTS) is 1. The number of carbonyl (C=O) groups is 2. The van der Waals surface area contributed by atoms with Crippen LogP contribution in [0, 0.1) is 5.41 Å². The summed E-state index contributed by atoms with van der Waals surface area (Å²) in [7, 11) is 1.63. The maximum Gasteiger partial charge on any atom is 0.310 e. The van der Waals surface area contributed by atoms with Gasteiger partial charge in [0.05, 0.1) is 12.5 Å². The van der Waals surface area contributed by atoms with E-state index in [4.69, 9.17) is 4.74 Å². The van der Waals surface area contributed by atoms with Crippen molar-refractivity contribution in [3.8, 4) is 5.75 Å². The Morgan fingerprint density at radius 1 is 1.26 bits per heavy atom. The van der Waals surface area contributed by atoms with E-state index in [2.05, 4.69) is 0 Å². The average molecular weight is 317 g/mol. The van der Waals surface area contributed by atoms with Crippen molar-refractivity contribution in [1.29, 1.82) is 0 Å². The number of hydrogen-bond donors (Lipinski definition) is 1. The highest BCUT2D eigenvalue weighted by atomic mass is 16.5. The topological polar surface area (TPSA) is 66.8 Å². The van der Waals surface area contributed by atoms with E-state index in [1.807, 2.05) is 18.2 Å². The number of anilines is 1. The highest BCUT2D eigenvalue weighted by Gasteiger charge is 2.46. The Bertz CT molecular complexity index is 621. The summed E-state index contributed by atoms with van der Waals surface area (Å²) in [5.41, 5.74) is 1.18. The molecule has 0 atom stereocenters. The van der Waals surface area contributed by atoms with E-state index in [0.29, 0.717) is 19.4 Å². The summed E-state index contributed by atoms with van der Waals surface area (Å²) in [6.07, 6.45) is 5.09. The summed E-state index contributed by atoms with van der Waals surface area (Å²) < 4.78 is 5.27. The largest absolute Gasteiger partial charge is 0.497 e. The van der Waals surface area contributed by atoms with Crippen LogP contribution in [-0.4, -0.2) is 30.6 Å². The zero-order chi connectivity index (χ0) is 16.4.